The zero-order valence-electron chi connectivity index (χ0n) is 16.0. The Labute approximate surface area is 170 Å². The van der Waals surface area contributed by atoms with Gasteiger partial charge in [0.05, 0.1) is 23.5 Å². The van der Waals surface area contributed by atoms with Crippen molar-refractivity contribution in [1.29, 1.82) is 0 Å². The zero-order chi connectivity index (χ0) is 20.5. The molecule has 2 aromatic carbocycles. The number of hydrogen-bond donors (Lipinski definition) is 3. The average Bonchev–Trinajstić information content (AvgIpc) is 3.49. The molecule has 0 atom stereocenters. The fourth-order valence-electron chi connectivity index (χ4n) is 3.13. The van der Waals surface area contributed by atoms with E-state index in [-0.39, 0.29) is 5.91 Å². The zero-order valence-corrected chi connectivity index (χ0v) is 16.0. The maximum Gasteiger partial charge on any atom is 0.258 e. The number of aromatic nitrogens is 5. The lowest BCUT2D eigenvalue weighted by Crippen LogP contribution is -2.11. The maximum atomic E-state index is 12.3. The van der Waals surface area contributed by atoms with Crippen molar-refractivity contribution in [3.63, 3.8) is 0 Å². The van der Waals surface area contributed by atoms with Crippen LogP contribution < -0.4 is 10.6 Å². The lowest BCUT2D eigenvalue weighted by Gasteiger charge is -2.05. The Balaban J connectivity index is 1.33. The summed E-state index contributed by atoms with van der Waals surface area (Å²) < 4.78 is 7.07. The average molecular weight is 399 g/mol. The van der Waals surface area contributed by atoms with E-state index in [9.17, 15) is 4.79 Å². The molecular weight excluding hydrogens is 382 g/mol. The largest absolute Gasteiger partial charge is 0.354 e. The minimum atomic E-state index is -0.227. The van der Waals surface area contributed by atoms with E-state index in [0.717, 1.165) is 22.2 Å². The molecule has 148 valence electrons. The second-order valence-corrected chi connectivity index (χ2v) is 6.81. The molecule has 0 aliphatic rings. The number of hydrogen-bond acceptors (Lipinski definition) is 6. The van der Waals surface area contributed by atoms with Crippen LogP contribution >= 0.6 is 0 Å². The summed E-state index contributed by atoms with van der Waals surface area (Å²) in [6.07, 6.45) is 4.95. The minimum absolute atomic E-state index is 0.227. The number of fused-ring (bicyclic) bond motifs is 1. The van der Waals surface area contributed by atoms with Crippen LogP contribution in [-0.4, -0.2) is 31.0 Å². The van der Waals surface area contributed by atoms with Crippen molar-refractivity contribution in [1.82, 2.24) is 25.1 Å². The van der Waals surface area contributed by atoms with Crippen molar-refractivity contribution in [2.45, 2.75) is 0 Å². The quantitative estimate of drug-likeness (QED) is 0.412. The van der Waals surface area contributed by atoms with Crippen molar-refractivity contribution in [2.24, 2.45) is 7.05 Å². The van der Waals surface area contributed by atoms with Crippen LogP contribution in [0.1, 0.15) is 10.4 Å². The standard InChI is InChI=1S/C21H17N7O2/c1-28-12-15(11-23-28)21(29)25-16-4-2-3-13(7-16)19-9-20(27-30-19)24-17-5-6-18-14(8-17)10-22-26-18/h2-12H,1H3,(H,22,26)(H,24,27)(H,25,29). The van der Waals surface area contributed by atoms with Crippen LogP contribution in [0.4, 0.5) is 17.2 Å². The highest BCUT2D eigenvalue weighted by Crippen LogP contribution is 2.27. The summed E-state index contributed by atoms with van der Waals surface area (Å²) in [5.74, 6) is 0.937. The molecule has 3 aromatic heterocycles. The normalized spacial score (nSPS) is 11.0. The van der Waals surface area contributed by atoms with E-state index in [0.29, 0.717) is 22.8 Å². The van der Waals surface area contributed by atoms with E-state index in [4.69, 9.17) is 4.52 Å². The summed E-state index contributed by atoms with van der Waals surface area (Å²) in [5, 5.41) is 22.1. The van der Waals surface area contributed by atoms with Crippen LogP contribution in [-0.2, 0) is 7.05 Å². The van der Waals surface area contributed by atoms with Gasteiger partial charge in [-0.1, -0.05) is 17.3 Å². The Hall–Kier alpha value is -4.40. The molecule has 5 rings (SSSR count). The third kappa shape index (κ3) is 3.51. The number of amides is 1. The number of anilines is 3. The molecule has 0 saturated heterocycles. The van der Waals surface area contributed by atoms with Crippen LogP contribution in [0.15, 0.2) is 71.6 Å². The number of carbonyl (C=O) groups is 1. The van der Waals surface area contributed by atoms with Gasteiger partial charge in [-0.3, -0.25) is 14.6 Å². The number of rotatable bonds is 5. The van der Waals surface area contributed by atoms with Gasteiger partial charge in [0.1, 0.15) is 0 Å². The van der Waals surface area contributed by atoms with Crippen molar-refractivity contribution < 1.29 is 9.32 Å². The highest BCUT2D eigenvalue weighted by Gasteiger charge is 2.11. The van der Waals surface area contributed by atoms with Gasteiger partial charge in [-0.15, -0.1) is 0 Å². The van der Waals surface area contributed by atoms with E-state index in [1.54, 1.807) is 24.1 Å². The van der Waals surface area contributed by atoms with Gasteiger partial charge in [0, 0.05) is 41.6 Å². The lowest BCUT2D eigenvalue weighted by molar-refractivity contribution is 0.102. The van der Waals surface area contributed by atoms with E-state index in [1.165, 1.54) is 6.20 Å². The number of aromatic amines is 1. The van der Waals surface area contributed by atoms with Crippen molar-refractivity contribution in [3.8, 4) is 11.3 Å². The molecule has 0 aliphatic heterocycles. The summed E-state index contributed by atoms with van der Waals surface area (Å²) >= 11 is 0. The van der Waals surface area contributed by atoms with Gasteiger partial charge in [-0.05, 0) is 30.3 Å². The van der Waals surface area contributed by atoms with E-state index >= 15 is 0 Å². The fourth-order valence-corrected chi connectivity index (χ4v) is 3.13. The SMILES string of the molecule is Cn1cc(C(=O)Nc2cccc(-c3cc(Nc4ccc5[nH]ncc5c4)no3)c2)cn1. The van der Waals surface area contributed by atoms with E-state index in [1.807, 2.05) is 48.5 Å². The maximum absolute atomic E-state index is 12.3. The Morgan fingerprint density at radius 2 is 2.03 bits per heavy atom. The van der Waals surface area contributed by atoms with Crippen LogP contribution in [0.5, 0.6) is 0 Å². The van der Waals surface area contributed by atoms with Crippen molar-refractivity contribution >= 4 is 34.0 Å². The van der Waals surface area contributed by atoms with Gasteiger partial charge >= 0.3 is 0 Å². The molecule has 0 radical (unpaired) electrons. The smallest absolute Gasteiger partial charge is 0.258 e. The van der Waals surface area contributed by atoms with Crippen molar-refractivity contribution in [3.05, 3.63) is 72.7 Å². The van der Waals surface area contributed by atoms with Gasteiger partial charge in [0.2, 0.25) is 0 Å². The Bertz CT molecular complexity index is 1350. The number of H-pyrrole nitrogens is 1. The van der Waals surface area contributed by atoms with Crippen LogP contribution in [0.3, 0.4) is 0 Å². The lowest BCUT2D eigenvalue weighted by atomic mass is 10.1. The molecule has 9 nitrogen and oxygen atoms in total. The molecule has 9 heteroatoms. The third-order valence-corrected chi connectivity index (χ3v) is 4.59. The van der Waals surface area contributed by atoms with Gasteiger partial charge in [-0.2, -0.15) is 10.2 Å². The first-order valence-electron chi connectivity index (χ1n) is 9.21. The molecule has 0 spiro atoms. The van der Waals surface area contributed by atoms with Crippen LogP contribution in [0, 0.1) is 0 Å². The van der Waals surface area contributed by atoms with Crippen LogP contribution in [0.25, 0.3) is 22.2 Å². The second kappa shape index (κ2) is 7.21. The number of nitrogens with zero attached hydrogens (tertiary/aromatic N) is 4. The number of carbonyl (C=O) groups excluding carboxylic acids is 1. The van der Waals surface area contributed by atoms with Crippen molar-refractivity contribution in [2.75, 3.05) is 10.6 Å². The minimum Gasteiger partial charge on any atom is -0.354 e. The fraction of sp³-hybridized carbons (Fsp3) is 0.0476. The van der Waals surface area contributed by atoms with E-state index in [2.05, 4.69) is 31.1 Å². The molecule has 3 N–H and O–H groups in total. The molecule has 3 heterocycles. The molecule has 0 unspecified atom stereocenters. The highest BCUT2D eigenvalue weighted by atomic mass is 16.5. The molecule has 5 aromatic rings. The van der Waals surface area contributed by atoms with E-state index < -0.39 is 0 Å². The molecule has 0 saturated carbocycles. The van der Waals surface area contributed by atoms with Gasteiger partial charge in [0.15, 0.2) is 11.6 Å². The second-order valence-electron chi connectivity index (χ2n) is 6.81. The van der Waals surface area contributed by atoms with Crippen LogP contribution in [0.2, 0.25) is 0 Å². The summed E-state index contributed by atoms with van der Waals surface area (Å²) in [6.45, 7) is 0. The molecule has 1 amide bonds. The molecule has 30 heavy (non-hydrogen) atoms. The highest BCUT2D eigenvalue weighted by molar-refractivity contribution is 6.04. The number of aryl methyl sites for hydroxylation is 1. The molecular formula is C21H17N7O2. The van der Waals surface area contributed by atoms with Gasteiger partial charge < -0.3 is 15.2 Å². The first kappa shape index (κ1) is 17.7. The monoisotopic (exact) mass is 399 g/mol. The van der Waals surface area contributed by atoms with Gasteiger partial charge in [0.25, 0.3) is 5.91 Å². The Kier molecular flexibility index (Phi) is 4.25. The third-order valence-electron chi connectivity index (χ3n) is 4.59. The molecule has 0 bridgehead atoms. The summed E-state index contributed by atoms with van der Waals surface area (Å²) in [6, 6.07) is 15.0. The first-order valence-corrected chi connectivity index (χ1v) is 9.21. The topological polar surface area (TPSA) is 114 Å². The summed E-state index contributed by atoms with van der Waals surface area (Å²) in [7, 11) is 1.76. The first-order chi connectivity index (χ1) is 14.6. The van der Waals surface area contributed by atoms with Gasteiger partial charge in [-0.25, -0.2) is 0 Å². The summed E-state index contributed by atoms with van der Waals surface area (Å²) in [4.78, 5) is 12.3. The molecule has 0 fully saturated rings. The number of benzene rings is 2. The molecule has 0 aliphatic carbocycles. The predicted octanol–water partition coefficient (Wildman–Crippen LogP) is 3.95. The summed E-state index contributed by atoms with van der Waals surface area (Å²) in [5.41, 5.74) is 3.78. The predicted molar refractivity (Wildman–Crippen MR) is 112 cm³/mol. The number of nitrogens with one attached hydrogen (secondary N) is 3. The Morgan fingerprint density at radius 3 is 2.90 bits per heavy atom. The Morgan fingerprint density at radius 1 is 1.10 bits per heavy atom.